The molecule has 6 heteroatoms. The molecule has 108 valence electrons. The number of fused-ring (bicyclic) bond motifs is 3. The minimum Gasteiger partial charge on any atom is -0.361 e. The summed E-state index contributed by atoms with van der Waals surface area (Å²) in [6, 6.07) is 7.01. The van der Waals surface area contributed by atoms with E-state index in [4.69, 9.17) is 11.6 Å². The van der Waals surface area contributed by atoms with Crippen LogP contribution in [0.25, 0.3) is 11.3 Å². The first-order valence-electron chi connectivity index (χ1n) is 6.70. The average Bonchev–Trinajstić information content (AvgIpc) is 2.46. The first-order chi connectivity index (χ1) is 10.0. The lowest BCUT2D eigenvalue weighted by Gasteiger charge is -2.36. The minimum atomic E-state index is -0.344. The van der Waals surface area contributed by atoms with Crippen molar-refractivity contribution in [1.82, 2.24) is 4.98 Å². The number of nitrogens with zero attached hydrogens (tertiary/aromatic N) is 3. The topological polar surface area (TPSA) is 59.3 Å². The summed E-state index contributed by atoms with van der Waals surface area (Å²) in [6.07, 6.45) is 2.40. The third-order valence-electron chi connectivity index (χ3n) is 3.92. The Balaban J connectivity index is 2.34. The Morgan fingerprint density at radius 3 is 2.90 bits per heavy atom. The summed E-state index contributed by atoms with van der Waals surface area (Å²) in [7, 11) is 1.88. The van der Waals surface area contributed by atoms with E-state index in [2.05, 4.69) is 4.98 Å². The summed E-state index contributed by atoms with van der Waals surface area (Å²) >= 11 is 6.07. The molecule has 1 aliphatic heterocycles. The Morgan fingerprint density at radius 2 is 2.24 bits per heavy atom. The quantitative estimate of drug-likeness (QED) is 0.616. The molecule has 1 atom stereocenters. The van der Waals surface area contributed by atoms with E-state index in [0.717, 1.165) is 23.2 Å². The normalized spacial score (nSPS) is 16.3. The molecular formula is C15H14ClN3O2. The van der Waals surface area contributed by atoms with Gasteiger partial charge in [-0.1, -0.05) is 30.7 Å². The van der Waals surface area contributed by atoms with E-state index in [1.54, 1.807) is 12.3 Å². The number of nitro benzene ring substituents is 1. The molecule has 2 aromatic rings. The number of para-hydroxylation sites is 1. The van der Waals surface area contributed by atoms with Gasteiger partial charge in [0.15, 0.2) is 0 Å². The van der Waals surface area contributed by atoms with Crippen molar-refractivity contribution in [3.8, 4) is 11.3 Å². The second-order valence-corrected chi connectivity index (χ2v) is 5.49. The number of hydrogen-bond acceptors (Lipinski definition) is 4. The average molecular weight is 304 g/mol. The molecule has 5 nitrogen and oxygen atoms in total. The molecule has 1 unspecified atom stereocenters. The van der Waals surface area contributed by atoms with Crippen LogP contribution >= 0.6 is 11.6 Å². The number of benzene rings is 1. The van der Waals surface area contributed by atoms with E-state index in [1.165, 1.54) is 6.07 Å². The van der Waals surface area contributed by atoms with Gasteiger partial charge in [0.2, 0.25) is 0 Å². The third-order valence-corrected chi connectivity index (χ3v) is 4.12. The van der Waals surface area contributed by atoms with Crippen LogP contribution in [0.3, 0.4) is 0 Å². The Kier molecular flexibility index (Phi) is 3.29. The lowest BCUT2D eigenvalue weighted by Crippen LogP contribution is -2.29. The van der Waals surface area contributed by atoms with Gasteiger partial charge in [0.05, 0.1) is 21.7 Å². The number of aromatic nitrogens is 1. The second kappa shape index (κ2) is 5.00. The highest BCUT2D eigenvalue weighted by molar-refractivity contribution is 6.30. The van der Waals surface area contributed by atoms with Crippen LogP contribution in [0.4, 0.5) is 11.4 Å². The lowest BCUT2D eigenvalue weighted by atomic mass is 9.90. The number of hydrogen-bond donors (Lipinski definition) is 0. The molecule has 0 aliphatic carbocycles. The highest BCUT2D eigenvalue weighted by Crippen LogP contribution is 2.48. The summed E-state index contributed by atoms with van der Waals surface area (Å²) in [5, 5.41) is 11.9. The molecule has 21 heavy (non-hydrogen) atoms. The fourth-order valence-electron chi connectivity index (χ4n) is 3.03. The lowest BCUT2D eigenvalue weighted by molar-refractivity contribution is -0.384. The number of rotatable bonds is 2. The van der Waals surface area contributed by atoms with Gasteiger partial charge in [-0.15, -0.1) is 0 Å². The zero-order valence-electron chi connectivity index (χ0n) is 11.7. The zero-order valence-corrected chi connectivity index (χ0v) is 12.5. The van der Waals surface area contributed by atoms with Crippen LogP contribution < -0.4 is 4.90 Å². The molecule has 0 spiro atoms. The van der Waals surface area contributed by atoms with E-state index in [9.17, 15) is 10.1 Å². The Hall–Kier alpha value is -2.14. The molecule has 0 radical (unpaired) electrons. The molecule has 0 amide bonds. The maximum absolute atomic E-state index is 11.3. The van der Waals surface area contributed by atoms with Crippen LogP contribution in [-0.2, 0) is 0 Å². The first kappa shape index (κ1) is 13.8. The van der Waals surface area contributed by atoms with E-state index in [-0.39, 0.29) is 16.7 Å². The van der Waals surface area contributed by atoms with Crippen molar-refractivity contribution in [2.75, 3.05) is 11.9 Å². The number of anilines is 1. The van der Waals surface area contributed by atoms with Crippen molar-refractivity contribution >= 4 is 23.0 Å². The molecule has 0 saturated carbocycles. The van der Waals surface area contributed by atoms with Crippen LogP contribution in [0.5, 0.6) is 0 Å². The van der Waals surface area contributed by atoms with E-state index in [1.807, 2.05) is 31.0 Å². The predicted octanol–water partition coefficient (Wildman–Crippen LogP) is 4.21. The van der Waals surface area contributed by atoms with Crippen molar-refractivity contribution < 1.29 is 4.92 Å². The first-order valence-corrected chi connectivity index (χ1v) is 7.08. The Bertz CT molecular complexity index is 733. The number of nitro groups is 1. The molecule has 3 rings (SSSR count). The summed E-state index contributed by atoms with van der Waals surface area (Å²) < 4.78 is 0. The number of pyridine rings is 1. The highest BCUT2D eigenvalue weighted by atomic mass is 35.5. The monoisotopic (exact) mass is 303 g/mol. The molecule has 0 fully saturated rings. The van der Waals surface area contributed by atoms with Gasteiger partial charge >= 0.3 is 0 Å². The van der Waals surface area contributed by atoms with Gasteiger partial charge in [0.1, 0.15) is 5.69 Å². The van der Waals surface area contributed by atoms with Crippen LogP contribution in [0.15, 0.2) is 30.5 Å². The van der Waals surface area contributed by atoms with Gasteiger partial charge in [-0.25, -0.2) is 0 Å². The molecule has 1 aliphatic rings. The van der Waals surface area contributed by atoms with Gasteiger partial charge in [-0.05, 0) is 12.5 Å². The maximum Gasteiger partial charge on any atom is 0.293 e. The van der Waals surface area contributed by atoms with Crippen LogP contribution in [0, 0.1) is 10.1 Å². The minimum absolute atomic E-state index is 0.0276. The van der Waals surface area contributed by atoms with Gasteiger partial charge in [-0.3, -0.25) is 15.1 Å². The Labute approximate surface area is 127 Å². The van der Waals surface area contributed by atoms with E-state index in [0.29, 0.717) is 10.7 Å². The fourth-order valence-corrected chi connectivity index (χ4v) is 3.20. The van der Waals surface area contributed by atoms with Crippen LogP contribution in [0.1, 0.15) is 24.9 Å². The van der Waals surface area contributed by atoms with Crippen LogP contribution in [-0.4, -0.2) is 17.0 Å². The van der Waals surface area contributed by atoms with Crippen molar-refractivity contribution in [2.24, 2.45) is 0 Å². The summed E-state index contributed by atoms with van der Waals surface area (Å²) in [6.45, 7) is 2.05. The van der Waals surface area contributed by atoms with Crippen LogP contribution in [0.2, 0.25) is 5.02 Å². The predicted molar refractivity (Wildman–Crippen MR) is 82.8 cm³/mol. The molecule has 0 N–H and O–H groups in total. The zero-order chi connectivity index (χ0) is 15.1. The standard InChI is InChI=1S/C15H14ClN3O2/c1-3-12-11-7-9(16)8-17-14(11)10-5-4-6-13(19(20)21)15(10)18(12)2/h4-8,12H,3H2,1-2H3. The molecule has 1 aromatic carbocycles. The molecule has 0 saturated heterocycles. The van der Waals surface area contributed by atoms with Crippen molar-refractivity contribution in [3.63, 3.8) is 0 Å². The molecule has 0 bridgehead atoms. The SMILES string of the molecule is CCC1c2cc(Cl)cnc2-c2cccc([N+](=O)[O-])c2N1C. The van der Waals surface area contributed by atoms with Gasteiger partial charge < -0.3 is 4.90 Å². The van der Waals surface area contributed by atoms with E-state index < -0.39 is 0 Å². The smallest absolute Gasteiger partial charge is 0.293 e. The van der Waals surface area contributed by atoms with Crippen molar-refractivity contribution in [1.29, 1.82) is 0 Å². The third kappa shape index (κ3) is 2.05. The Morgan fingerprint density at radius 1 is 1.48 bits per heavy atom. The van der Waals surface area contributed by atoms with Gasteiger partial charge in [-0.2, -0.15) is 0 Å². The maximum atomic E-state index is 11.3. The highest BCUT2D eigenvalue weighted by Gasteiger charge is 2.33. The fraction of sp³-hybridized carbons (Fsp3) is 0.267. The summed E-state index contributed by atoms with van der Waals surface area (Å²) in [5.74, 6) is 0. The van der Waals surface area contributed by atoms with Crippen molar-refractivity contribution in [2.45, 2.75) is 19.4 Å². The number of halogens is 1. The largest absolute Gasteiger partial charge is 0.361 e. The van der Waals surface area contributed by atoms with E-state index >= 15 is 0 Å². The summed E-state index contributed by atoms with van der Waals surface area (Å²) in [5.41, 5.74) is 3.30. The molecule has 1 aromatic heterocycles. The van der Waals surface area contributed by atoms with Crippen molar-refractivity contribution in [3.05, 3.63) is 51.2 Å². The summed E-state index contributed by atoms with van der Waals surface area (Å²) in [4.78, 5) is 17.3. The molecule has 2 heterocycles. The second-order valence-electron chi connectivity index (χ2n) is 5.06. The van der Waals surface area contributed by atoms with Gasteiger partial charge in [0, 0.05) is 30.4 Å². The molecular weight excluding hydrogens is 290 g/mol. The van der Waals surface area contributed by atoms with Gasteiger partial charge in [0.25, 0.3) is 5.69 Å².